The van der Waals surface area contributed by atoms with Gasteiger partial charge in [0.25, 0.3) is 5.91 Å². The molecule has 1 saturated heterocycles. The minimum Gasteiger partial charge on any atom is -0.347 e. The zero-order valence-electron chi connectivity index (χ0n) is 14.3. The average molecular weight is 322 g/mol. The van der Waals surface area contributed by atoms with Crippen molar-refractivity contribution in [2.45, 2.75) is 33.2 Å². The molecular formula is C20H22N2O2. The Bertz CT molecular complexity index is 798. The molecule has 0 bridgehead atoms. The van der Waals surface area contributed by atoms with Crippen molar-refractivity contribution in [1.82, 2.24) is 5.32 Å². The average Bonchev–Trinajstić information content (AvgIpc) is 2.90. The van der Waals surface area contributed by atoms with Gasteiger partial charge in [-0.2, -0.15) is 0 Å². The summed E-state index contributed by atoms with van der Waals surface area (Å²) in [5, 5.41) is 2.98. The van der Waals surface area contributed by atoms with E-state index in [1.165, 1.54) is 5.56 Å². The van der Waals surface area contributed by atoms with Gasteiger partial charge in [0.1, 0.15) is 0 Å². The molecule has 3 rings (SSSR count). The highest BCUT2D eigenvalue weighted by Crippen LogP contribution is 2.24. The van der Waals surface area contributed by atoms with Crippen molar-refractivity contribution >= 4 is 17.5 Å². The number of benzene rings is 2. The van der Waals surface area contributed by atoms with E-state index in [4.69, 9.17) is 0 Å². The number of hydrogen-bond acceptors (Lipinski definition) is 2. The van der Waals surface area contributed by atoms with Gasteiger partial charge in [0.05, 0.1) is 6.04 Å². The number of aryl methyl sites for hydroxylation is 3. The third-order valence-corrected chi connectivity index (χ3v) is 4.54. The Morgan fingerprint density at radius 1 is 1.08 bits per heavy atom. The molecule has 24 heavy (non-hydrogen) atoms. The van der Waals surface area contributed by atoms with Crippen LogP contribution in [0.15, 0.2) is 42.5 Å². The molecule has 1 atom stereocenters. The monoisotopic (exact) mass is 322 g/mol. The molecule has 1 fully saturated rings. The highest BCUT2D eigenvalue weighted by atomic mass is 16.2. The first-order valence-electron chi connectivity index (χ1n) is 8.19. The number of nitrogens with one attached hydrogen (secondary N) is 1. The van der Waals surface area contributed by atoms with E-state index in [9.17, 15) is 9.59 Å². The molecule has 0 aromatic heterocycles. The Balaban J connectivity index is 1.70. The van der Waals surface area contributed by atoms with Crippen LogP contribution < -0.4 is 10.2 Å². The fourth-order valence-corrected chi connectivity index (χ4v) is 3.00. The molecule has 0 radical (unpaired) electrons. The number of hydrogen-bond donors (Lipinski definition) is 1. The van der Waals surface area contributed by atoms with Gasteiger partial charge in [0.2, 0.25) is 5.91 Å². The van der Waals surface area contributed by atoms with Crippen LogP contribution in [0.3, 0.4) is 0 Å². The molecule has 0 unspecified atom stereocenters. The van der Waals surface area contributed by atoms with E-state index in [0.29, 0.717) is 18.5 Å². The number of rotatable bonds is 3. The van der Waals surface area contributed by atoms with Crippen LogP contribution in [-0.2, 0) is 4.79 Å². The minimum absolute atomic E-state index is 0.0489. The van der Waals surface area contributed by atoms with E-state index in [1.54, 1.807) is 11.0 Å². The van der Waals surface area contributed by atoms with Gasteiger partial charge >= 0.3 is 0 Å². The Labute approximate surface area is 142 Å². The quantitative estimate of drug-likeness (QED) is 0.944. The van der Waals surface area contributed by atoms with Crippen LogP contribution in [0.1, 0.15) is 33.5 Å². The van der Waals surface area contributed by atoms with E-state index in [2.05, 4.69) is 12.2 Å². The van der Waals surface area contributed by atoms with Gasteiger partial charge in [-0.15, -0.1) is 0 Å². The van der Waals surface area contributed by atoms with Crippen molar-refractivity contribution < 1.29 is 9.59 Å². The van der Waals surface area contributed by atoms with E-state index in [1.807, 2.05) is 50.2 Å². The Morgan fingerprint density at radius 2 is 1.88 bits per heavy atom. The number of carbonyl (C=O) groups is 2. The van der Waals surface area contributed by atoms with Crippen molar-refractivity contribution in [2.24, 2.45) is 0 Å². The maximum Gasteiger partial charge on any atom is 0.251 e. The molecule has 0 aliphatic carbocycles. The fraction of sp³-hybridized carbons (Fsp3) is 0.300. The second-order valence-electron chi connectivity index (χ2n) is 6.52. The molecule has 1 heterocycles. The number of amides is 2. The summed E-state index contributed by atoms with van der Waals surface area (Å²) in [4.78, 5) is 26.4. The summed E-state index contributed by atoms with van der Waals surface area (Å²) in [5.41, 5.74) is 4.94. The van der Waals surface area contributed by atoms with Crippen molar-refractivity contribution in [1.29, 1.82) is 0 Å². The molecule has 2 amide bonds. The van der Waals surface area contributed by atoms with Crippen LogP contribution >= 0.6 is 0 Å². The predicted molar refractivity (Wildman–Crippen MR) is 95.3 cm³/mol. The van der Waals surface area contributed by atoms with Crippen molar-refractivity contribution in [3.63, 3.8) is 0 Å². The predicted octanol–water partition coefficient (Wildman–Crippen LogP) is 3.15. The summed E-state index contributed by atoms with van der Waals surface area (Å²) in [6, 6.07) is 13.3. The normalized spacial score (nSPS) is 17.2. The first kappa shape index (κ1) is 16.2. The molecule has 4 nitrogen and oxygen atoms in total. The van der Waals surface area contributed by atoms with Crippen LogP contribution in [-0.4, -0.2) is 24.4 Å². The van der Waals surface area contributed by atoms with Gasteiger partial charge in [0, 0.05) is 24.2 Å². The number of nitrogens with zero attached hydrogens (tertiary/aromatic N) is 1. The molecule has 0 spiro atoms. The lowest BCUT2D eigenvalue weighted by molar-refractivity contribution is -0.117. The highest BCUT2D eigenvalue weighted by Gasteiger charge is 2.31. The summed E-state index contributed by atoms with van der Waals surface area (Å²) < 4.78 is 0. The number of carbonyl (C=O) groups excluding carboxylic acids is 2. The summed E-state index contributed by atoms with van der Waals surface area (Å²) >= 11 is 0. The standard InChI is InChI=1S/C20H22N2O2/c1-13-5-4-6-16(9-13)20(24)21-17-11-19(23)22(12-17)18-8-7-14(2)15(3)10-18/h4-10,17H,11-12H2,1-3H3,(H,21,24)/t17-/m0/s1. The van der Waals surface area contributed by atoms with Crippen LogP contribution in [0.5, 0.6) is 0 Å². The van der Waals surface area contributed by atoms with Crippen LogP contribution in [0.4, 0.5) is 5.69 Å². The van der Waals surface area contributed by atoms with Gasteiger partial charge in [0.15, 0.2) is 0 Å². The second-order valence-corrected chi connectivity index (χ2v) is 6.52. The SMILES string of the molecule is Cc1cccc(C(=O)N[C@H]2CC(=O)N(c3ccc(C)c(C)c3)C2)c1. The van der Waals surface area contributed by atoms with Gasteiger partial charge in [-0.3, -0.25) is 9.59 Å². The Hall–Kier alpha value is -2.62. The molecule has 1 aliphatic heterocycles. The van der Waals surface area contributed by atoms with Gasteiger partial charge in [-0.1, -0.05) is 23.8 Å². The van der Waals surface area contributed by atoms with Gasteiger partial charge in [-0.25, -0.2) is 0 Å². The minimum atomic E-state index is -0.160. The Morgan fingerprint density at radius 3 is 2.58 bits per heavy atom. The summed E-state index contributed by atoms with van der Waals surface area (Å²) in [7, 11) is 0. The molecule has 1 aliphatic rings. The first-order valence-corrected chi connectivity index (χ1v) is 8.19. The fourth-order valence-electron chi connectivity index (χ4n) is 3.00. The molecule has 1 N–H and O–H groups in total. The second kappa shape index (κ2) is 6.48. The third kappa shape index (κ3) is 3.32. The van der Waals surface area contributed by atoms with E-state index in [-0.39, 0.29) is 17.9 Å². The lowest BCUT2D eigenvalue weighted by Crippen LogP contribution is -2.37. The molecule has 4 heteroatoms. The molecule has 2 aromatic carbocycles. The van der Waals surface area contributed by atoms with Crippen molar-refractivity contribution in [2.75, 3.05) is 11.4 Å². The van der Waals surface area contributed by atoms with Crippen LogP contribution in [0.2, 0.25) is 0 Å². The summed E-state index contributed by atoms with van der Waals surface area (Å²) in [6.07, 6.45) is 0.338. The van der Waals surface area contributed by atoms with E-state index >= 15 is 0 Å². The van der Waals surface area contributed by atoms with Crippen LogP contribution in [0.25, 0.3) is 0 Å². The first-order chi connectivity index (χ1) is 11.4. The smallest absolute Gasteiger partial charge is 0.251 e. The lowest BCUT2D eigenvalue weighted by atomic mass is 10.1. The highest BCUT2D eigenvalue weighted by molar-refractivity contribution is 5.99. The molecular weight excluding hydrogens is 300 g/mol. The van der Waals surface area contributed by atoms with Crippen molar-refractivity contribution in [3.05, 3.63) is 64.7 Å². The summed E-state index contributed by atoms with van der Waals surface area (Å²) in [5.74, 6) is -0.0776. The molecule has 124 valence electrons. The van der Waals surface area contributed by atoms with Crippen LogP contribution in [0, 0.1) is 20.8 Å². The third-order valence-electron chi connectivity index (χ3n) is 4.54. The van der Waals surface area contributed by atoms with E-state index in [0.717, 1.165) is 16.8 Å². The summed E-state index contributed by atoms with van der Waals surface area (Å²) in [6.45, 7) is 6.56. The van der Waals surface area contributed by atoms with Gasteiger partial charge in [-0.05, 0) is 56.2 Å². The van der Waals surface area contributed by atoms with Gasteiger partial charge < -0.3 is 10.2 Å². The maximum atomic E-state index is 12.4. The van der Waals surface area contributed by atoms with Crippen molar-refractivity contribution in [3.8, 4) is 0 Å². The molecule has 0 saturated carbocycles. The Kier molecular flexibility index (Phi) is 4.38. The maximum absolute atomic E-state index is 12.4. The number of anilines is 1. The lowest BCUT2D eigenvalue weighted by Gasteiger charge is -2.18. The molecule has 2 aromatic rings. The topological polar surface area (TPSA) is 49.4 Å². The zero-order chi connectivity index (χ0) is 17.3. The largest absolute Gasteiger partial charge is 0.347 e. The van der Waals surface area contributed by atoms with E-state index < -0.39 is 0 Å². The zero-order valence-corrected chi connectivity index (χ0v) is 14.3.